The van der Waals surface area contributed by atoms with Crippen LogP contribution in [0.15, 0.2) is 60.1 Å². The maximum absolute atomic E-state index is 13.1. The minimum Gasteiger partial charge on any atom is -0.360 e. The number of Topliss-reactive ketones (excluding diaryl/α,β-unsaturated/α-hetero) is 1. The van der Waals surface area contributed by atoms with E-state index in [4.69, 9.17) is 0 Å². The molecular weight excluding hydrogens is 370 g/mol. The molecule has 0 unspecified atom stereocenters. The van der Waals surface area contributed by atoms with Crippen molar-refractivity contribution in [2.24, 2.45) is 0 Å². The van der Waals surface area contributed by atoms with Gasteiger partial charge in [-0.05, 0) is 31.5 Å². The van der Waals surface area contributed by atoms with E-state index in [-0.39, 0.29) is 11.0 Å². The van der Waals surface area contributed by atoms with Crippen LogP contribution < -0.4 is 0 Å². The van der Waals surface area contributed by atoms with Crippen molar-refractivity contribution < 1.29 is 4.79 Å². The summed E-state index contributed by atoms with van der Waals surface area (Å²) < 4.78 is 2.08. The highest BCUT2D eigenvalue weighted by Gasteiger charge is 2.23. The number of thioether (sulfide) groups is 1. The second-order valence-corrected chi connectivity index (χ2v) is 7.87. The number of nitrogens with one attached hydrogen (secondary N) is 1. The first-order valence-corrected chi connectivity index (χ1v) is 10.2. The molecule has 0 spiro atoms. The predicted octanol–water partition coefficient (Wildman–Crippen LogP) is 4.59. The van der Waals surface area contributed by atoms with Gasteiger partial charge in [-0.2, -0.15) is 0 Å². The normalized spacial score (nSPS) is 12.4. The highest BCUT2D eigenvalue weighted by Crippen LogP contribution is 2.30. The zero-order valence-corrected chi connectivity index (χ0v) is 16.6. The number of H-pyrrole nitrogens is 1. The van der Waals surface area contributed by atoms with Crippen LogP contribution in [0.5, 0.6) is 0 Å². The topological polar surface area (TPSA) is 76.5 Å². The molecule has 0 fully saturated rings. The summed E-state index contributed by atoms with van der Waals surface area (Å²) in [4.78, 5) is 20.3. The number of aromatic nitrogens is 5. The Bertz CT molecular complexity index is 1100. The number of carbonyl (C=O) groups excluding carboxylic acids is 1. The highest BCUT2D eigenvalue weighted by molar-refractivity contribution is 8.00. The molecule has 3 aromatic heterocycles. The van der Waals surface area contributed by atoms with E-state index in [2.05, 4.69) is 31.7 Å². The fourth-order valence-electron chi connectivity index (χ4n) is 3.22. The average Bonchev–Trinajstić information content (AvgIpc) is 3.33. The van der Waals surface area contributed by atoms with Crippen molar-refractivity contribution in [1.29, 1.82) is 0 Å². The van der Waals surface area contributed by atoms with Gasteiger partial charge in [0.15, 0.2) is 16.8 Å². The van der Waals surface area contributed by atoms with Crippen molar-refractivity contribution in [2.75, 3.05) is 0 Å². The Morgan fingerprint density at radius 1 is 1.18 bits per heavy atom. The van der Waals surface area contributed by atoms with Gasteiger partial charge in [0.05, 0.1) is 5.25 Å². The van der Waals surface area contributed by atoms with E-state index >= 15 is 0 Å². The van der Waals surface area contributed by atoms with E-state index in [1.807, 2.05) is 43.3 Å². The van der Waals surface area contributed by atoms with Crippen molar-refractivity contribution in [3.8, 4) is 11.4 Å². The summed E-state index contributed by atoms with van der Waals surface area (Å²) in [6, 6.07) is 11.7. The Labute approximate surface area is 167 Å². The molecule has 0 bridgehead atoms. The van der Waals surface area contributed by atoms with Crippen molar-refractivity contribution in [3.05, 3.63) is 60.6 Å². The van der Waals surface area contributed by atoms with Crippen LogP contribution >= 0.6 is 11.8 Å². The summed E-state index contributed by atoms with van der Waals surface area (Å²) in [5.74, 6) is 0.887. The number of hydrogen-bond donors (Lipinski definition) is 1. The van der Waals surface area contributed by atoms with Crippen molar-refractivity contribution in [2.45, 2.75) is 37.2 Å². The van der Waals surface area contributed by atoms with E-state index in [1.54, 1.807) is 18.6 Å². The molecule has 0 aliphatic carbocycles. The number of aromatic amines is 1. The van der Waals surface area contributed by atoms with Crippen molar-refractivity contribution in [1.82, 2.24) is 24.7 Å². The Morgan fingerprint density at radius 2 is 1.96 bits per heavy atom. The number of carbonyl (C=O) groups is 1. The Morgan fingerprint density at radius 3 is 2.75 bits per heavy atom. The van der Waals surface area contributed by atoms with E-state index in [0.717, 1.165) is 40.4 Å². The molecule has 0 saturated carbocycles. The third-order valence-corrected chi connectivity index (χ3v) is 5.69. The predicted molar refractivity (Wildman–Crippen MR) is 111 cm³/mol. The van der Waals surface area contributed by atoms with E-state index in [1.165, 1.54) is 11.8 Å². The number of rotatable bonds is 7. The number of benzene rings is 1. The first-order chi connectivity index (χ1) is 13.7. The van der Waals surface area contributed by atoms with Crippen LogP contribution in [-0.4, -0.2) is 35.8 Å². The Balaban J connectivity index is 1.61. The molecule has 3 heterocycles. The lowest BCUT2D eigenvalue weighted by molar-refractivity contribution is 0.0995. The SMILES string of the molecule is CCCn1c(S[C@@H](C)C(=O)c2c[nH]c3ccccc23)nnc1-c1ccncc1. The van der Waals surface area contributed by atoms with Crippen LogP contribution in [0, 0.1) is 0 Å². The molecule has 0 aliphatic rings. The summed E-state index contributed by atoms with van der Waals surface area (Å²) in [6.07, 6.45) is 6.24. The largest absolute Gasteiger partial charge is 0.360 e. The van der Waals surface area contributed by atoms with Crippen LogP contribution in [0.25, 0.3) is 22.3 Å². The van der Waals surface area contributed by atoms with Crippen LogP contribution in [0.3, 0.4) is 0 Å². The minimum atomic E-state index is -0.274. The summed E-state index contributed by atoms with van der Waals surface area (Å²) in [7, 11) is 0. The number of para-hydroxylation sites is 1. The quantitative estimate of drug-likeness (QED) is 0.368. The number of ketones is 1. The van der Waals surface area contributed by atoms with Gasteiger partial charge in [-0.3, -0.25) is 9.78 Å². The third kappa shape index (κ3) is 3.45. The molecule has 0 radical (unpaired) electrons. The summed E-state index contributed by atoms with van der Waals surface area (Å²) in [5, 5.41) is 10.2. The molecule has 7 heteroatoms. The van der Waals surface area contributed by atoms with Crippen molar-refractivity contribution >= 4 is 28.4 Å². The van der Waals surface area contributed by atoms with Gasteiger partial charge in [0.25, 0.3) is 0 Å². The molecule has 0 saturated heterocycles. The van der Waals surface area contributed by atoms with Crippen LogP contribution in [-0.2, 0) is 6.54 Å². The lowest BCUT2D eigenvalue weighted by Crippen LogP contribution is -2.14. The molecule has 142 valence electrons. The van der Waals surface area contributed by atoms with Gasteiger partial charge in [0.1, 0.15) is 0 Å². The lowest BCUT2D eigenvalue weighted by Gasteiger charge is -2.12. The molecule has 4 rings (SSSR count). The maximum atomic E-state index is 13.1. The fraction of sp³-hybridized carbons (Fsp3) is 0.238. The van der Waals surface area contributed by atoms with Gasteiger partial charge in [-0.25, -0.2) is 0 Å². The van der Waals surface area contributed by atoms with E-state index in [0.29, 0.717) is 5.56 Å². The van der Waals surface area contributed by atoms with E-state index < -0.39 is 0 Å². The molecule has 1 atom stereocenters. The van der Waals surface area contributed by atoms with Gasteiger partial charge in [0, 0.05) is 47.2 Å². The lowest BCUT2D eigenvalue weighted by atomic mass is 10.1. The molecular formula is C21H21N5OS. The molecule has 4 aromatic rings. The van der Waals surface area contributed by atoms with Crippen LogP contribution in [0.1, 0.15) is 30.6 Å². The molecule has 6 nitrogen and oxygen atoms in total. The Kier molecular flexibility index (Phi) is 5.25. The van der Waals surface area contributed by atoms with Crippen LogP contribution in [0.4, 0.5) is 0 Å². The smallest absolute Gasteiger partial charge is 0.192 e. The molecule has 1 N–H and O–H groups in total. The zero-order valence-electron chi connectivity index (χ0n) is 15.8. The summed E-state index contributed by atoms with van der Waals surface area (Å²) in [5.41, 5.74) is 2.65. The number of hydrogen-bond acceptors (Lipinski definition) is 5. The fourth-order valence-corrected chi connectivity index (χ4v) is 4.16. The van der Waals surface area contributed by atoms with E-state index in [9.17, 15) is 4.79 Å². The molecule has 0 aliphatic heterocycles. The second-order valence-electron chi connectivity index (χ2n) is 6.57. The van der Waals surface area contributed by atoms with Crippen molar-refractivity contribution in [3.63, 3.8) is 0 Å². The first kappa shape index (κ1) is 18.4. The van der Waals surface area contributed by atoms with Gasteiger partial charge in [0.2, 0.25) is 0 Å². The van der Waals surface area contributed by atoms with Gasteiger partial charge < -0.3 is 9.55 Å². The highest BCUT2D eigenvalue weighted by atomic mass is 32.2. The second kappa shape index (κ2) is 7.98. The maximum Gasteiger partial charge on any atom is 0.192 e. The number of pyridine rings is 1. The minimum absolute atomic E-state index is 0.0824. The molecule has 0 amide bonds. The number of fused-ring (bicyclic) bond motifs is 1. The summed E-state index contributed by atoms with van der Waals surface area (Å²) in [6.45, 7) is 4.83. The monoisotopic (exact) mass is 391 g/mol. The average molecular weight is 392 g/mol. The zero-order chi connectivity index (χ0) is 19.5. The Hall–Kier alpha value is -2.93. The van der Waals surface area contributed by atoms with Gasteiger partial charge in [-0.15, -0.1) is 10.2 Å². The number of nitrogens with zero attached hydrogens (tertiary/aromatic N) is 4. The van der Waals surface area contributed by atoms with Crippen LogP contribution in [0.2, 0.25) is 0 Å². The molecule has 28 heavy (non-hydrogen) atoms. The first-order valence-electron chi connectivity index (χ1n) is 9.29. The van der Waals surface area contributed by atoms with Gasteiger partial charge in [-0.1, -0.05) is 36.9 Å². The molecule has 1 aromatic carbocycles. The third-order valence-electron chi connectivity index (χ3n) is 4.61. The van der Waals surface area contributed by atoms with Gasteiger partial charge >= 0.3 is 0 Å². The summed E-state index contributed by atoms with van der Waals surface area (Å²) >= 11 is 1.45. The standard InChI is InChI=1S/C21H21N5OS/c1-3-12-26-20(15-8-10-22-11-9-15)24-25-21(26)28-14(2)19(27)17-13-23-18-7-5-4-6-16(17)18/h4-11,13-14,23H,3,12H2,1-2H3/t14-/m0/s1.